The van der Waals surface area contributed by atoms with E-state index in [0.29, 0.717) is 22.3 Å². The quantitative estimate of drug-likeness (QED) is 0.846. The Labute approximate surface area is 136 Å². The first-order valence-corrected chi connectivity index (χ1v) is 8.14. The van der Waals surface area contributed by atoms with Crippen LogP contribution in [0, 0.1) is 0 Å². The van der Waals surface area contributed by atoms with E-state index in [1.165, 1.54) is 0 Å². The number of amides is 2. The number of anilines is 1. The Balaban J connectivity index is 1.77. The number of furan rings is 1. The second kappa shape index (κ2) is 6.22. The molecule has 2 amide bonds. The SMILES string of the molecule is O=C(Nc1cccc(Cl)c1Cl)N1CCS[C@@H]1c1ccco1. The number of hydrogen-bond acceptors (Lipinski definition) is 3. The van der Waals surface area contributed by atoms with Crippen LogP contribution in [0.5, 0.6) is 0 Å². The number of rotatable bonds is 2. The summed E-state index contributed by atoms with van der Waals surface area (Å²) >= 11 is 13.7. The first-order valence-electron chi connectivity index (χ1n) is 6.33. The molecular formula is C14H12Cl2N2O2S. The molecule has 1 aliphatic heterocycles. The molecule has 2 aromatic rings. The van der Waals surface area contributed by atoms with E-state index in [1.807, 2.05) is 12.1 Å². The van der Waals surface area contributed by atoms with Gasteiger partial charge in [0.15, 0.2) is 0 Å². The molecule has 110 valence electrons. The van der Waals surface area contributed by atoms with Crippen LogP contribution in [0.4, 0.5) is 10.5 Å². The summed E-state index contributed by atoms with van der Waals surface area (Å²) in [6.45, 7) is 0.653. The van der Waals surface area contributed by atoms with Crippen LogP contribution in [0.25, 0.3) is 0 Å². The molecule has 0 unspecified atom stereocenters. The summed E-state index contributed by atoms with van der Waals surface area (Å²) in [5.74, 6) is 1.63. The Morgan fingerprint density at radius 1 is 1.33 bits per heavy atom. The Kier molecular flexibility index (Phi) is 4.33. The lowest BCUT2D eigenvalue weighted by molar-refractivity contribution is 0.210. The average Bonchev–Trinajstić information content (AvgIpc) is 3.13. The molecule has 21 heavy (non-hydrogen) atoms. The van der Waals surface area contributed by atoms with Crippen molar-refractivity contribution < 1.29 is 9.21 Å². The number of carbonyl (C=O) groups is 1. The maximum atomic E-state index is 12.4. The summed E-state index contributed by atoms with van der Waals surface area (Å²) in [7, 11) is 0. The molecule has 1 aromatic carbocycles. The minimum absolute atomic E-state index is 0.113. The number of benzene rings is 1. The van der Waals surface area contributed by atoms with Gasteiger partial charge in [-0.3, -0.25) is 0 Å². The summed E-state index contributed by atoms with van der Waals surface area (Å²) in [5.41, 5.74) is 0.504. The van der Waals surface area contributed by atoms with Crippen LogP contribution in [0.2, 0.25) is 10.0 Å². The van der Waals surface area contributed by atoms with E-state index < -0.39 is 0 Å². The lowest BCUT2D eigenvalue weighted by atomic mass is 10.3. The van der Waals surface area contributed by atoms with Gasteiger partial charge in [-0.2, -0.15) is 0 Å². The molecule has 1 aromatic heterocycles. The van der Waals surface area contributed by atoms with Gasteiger partial charge in [0.25, 0.3) is 0 Å². The maximum Gasteiger partial charge on any atom is 0.323 e. The number of halogens is 2. The van der Waals surface area contributed by atoms with E-state index in [1.54, 1.807) is 41.1 Å². The van der Waals surface area contributed by atoms with Crippen molar-refractivity contribution in [2.75, 3.05) is 17.6 Å². The zero-order valence-electron chi connectivity index (χ0n) is 10.9. The van der Waals surface area contributed by atoms with E-state index in [2.05, 4.69) is 5.32 Å². The van der Waals surface area contributed by atoms with Crippen LogP contribution in [0.15, 0.2) is 41.0 Å². The molecule has 0 spiro atoms. The molecule has 0 radical (unpaired) electrons. The third-order valence-electron chi connectivity index (χ3n) is 3.13. The fourth-order valence-corrected chi connectivity index (χ4v) is 3.69. The van der Waals surface area contributed by atoms with E-state index in [0.717, 1.165) is 11.5 Å². The molecule has 7 heteroatoms. The van der Waals surface area contributed by atoms with Gasteiger partial charge in [0.05, 0.1) is 22.0 Å². The third-order valence-corrected chi connectivity index (χ3v) is 5.17. The minimum atomic E-state index is -0.217. The fraction of sp³-hybridized carbons (Fsp3) is 0.214. The highest BCUT2D eigenvalue weighted by Crippen LogP contribution is 2.38. The molecule has 4 nitrogen and oxygen atoms in total. The number of hydrogen-bond donors (Lipinski definition) is 1. The molecule has 1 aliphatic rings. The van der Waals surface area contributed by atoms with Gasteiger partial charge in [-0.25, -0.2) is 4.79 Å². The molecule has 1 atom stereocenters. The van der Waals surface area contributed by atoms with Crippen molar-refractivity contribution in [1.29, 1.82) is 0 Å². The Morgan fingerprint density at radius 2 is 2.19 bits per heavy atom. The van der Waals surface area contributed by atoms with Crippen LogP contribution in [0.3, 0.4) is 0 Å². The Hall–Kier alpha value is -1.30. The van der Waals surface area contributed by atoms with E-state index >= 15 is 0 Å². The van der Waals surface area contributed by atoms with Crippen molar-refractivity contribution in [2.45, 2.75) is 5.37 Å². The van der Waals surface area contributed by atoms with Crippen molar-refractivity contribution >= 4 is 46.7 Å². The Bertz CT molecular complexity index is 648. The average molecular weight is 343 g/mol. The molecule has 0 bridgehead atoms. The lowest BCUT2D eigenvalue weighted by Crippen LogP contribution is -2.34. The largest absolute Gasteiger partial charge is 0.466 e. The monoisotopic (exact) mass is 342 g/mol. The van der Waals surface area contributed by atoms with E-state index in [9.17, 15) is 4.79 Å². The minimum Gasteiger partial charge on any atom is -0.466 e. The lowest BCUT2D eigenvalue weighted by Gasteiger charge is -2.22. The van der Waals surface area contributed by atoms with Gasteiger partial charge in [-0.15, -0.1) is 11.8 Å². The predicted molar refractivity (Wildman–Crippen MR) is 86.1 cm³/mol. The zero-order valence-corrected chi connectivity index (χ0v) is 13.2. The van der Waals surface area contributed by atoms with E-state index in [4.69, 9.17) is 27.6 Å². The van der Waals surface area contributed by atoms with Crippen LogP contribution >= 0.6 is 35.0 Å². The summed E-state index contributed by atoms with van der Waals surface area (Å²) in [6.07, 6.45) is 1.61. The van der Waals surface area contributed by atoms with Gasteiger partial charge in [0, 0.05) is 12.3 Å². The van der Waals surface area contributed by atoms with Crippen molar-refractivity contribution in [3.8, 4) is 0 Å². The van der Waals surface area contributed by atoms with Gasteiger partial charge >= 0.3 is 6.03 Å². The predicted octanol–water partition coefficient (Wildman–Crippen LogP) is 4.87. The molecular weight excluding hydrogens is 331 g/mol. The zero-order chi connectivity index (χ0) is 14.8. The highest BCUT2D eigenvalue weighted by Gasteiger charge is 2.32. The van der Waals surface area contributed by atoms with Crippen LogP contribution in [0.1, 0.15) is 11.1 Å². The highest BCUT2D eigenvalue weighted by atomic mass is 35.5. The topological polar surface area (TPSA) is 45.5 Å². The van der Waals surface area contributed by atoms with Crippen LogP contribution in [-0.2, 0) is 0 Å². The van der Waals surface area contributed by atoms with Gasteiger partial charge < -0.3 is 14.6 Å². The molecule has 2 heterocycles. The molecule has 1 N–H and O–H groups in total. The summed E-state index contributed by atoms with van der Waals surface area (Å²) in [5, 5.41) is 3.44. The standard InChI is InChI=1S/C14H12Cl2N2O2S/c15-9-3-1-4-10(12(9)16)17-14(19)18-6-8-21-13(18)11-5-2-7-20-11/h1-5,7,13H,6,8H2,(H,17,19)/t13-/m1/s1. The number of carbonyl (C=O) groups excluding carboxylic acids is 1. The molecule has 0 aliphatic carbocycles. The molecule has 0 saturated carbocycles. The highest BCUT2D eigenvalue weighted by molar-refractivity contribution is 7.99. The Morgan fingerprint density at radius 3 is 2.95 bits per heavy atom. The summed E-state index contributed by atoms with van der Waals surface area (Å²) < 4.78 is 5.40. The number of thioether (sulfide) groups is 1. The summed E-state index contributed by atoms with van der Waals surface area (Å²) in [4.78, 5) is 14.2. The number of nitrogens with zero attached hydrogens (tertiary/aromatic N) is 1. The fourth-order valence-electron chi connectivity index (χ4n) is 2.13. The molecule has 1 fully saturated rings. The first-order chi connectivity index (χ1) is 10.2. The molecule has 3 rings (SSSR count). The van der Waals surface area contributed by atoms with Gasteiger partial charge in [-0.1, -0.05) is 29.3 Å². The maximum absolute atomic E-state index is 12.4. The van der Waals surface area contributed by atoms with Gasteiger partial charge in [0.2, 0.25) is 0 Å². The second-order valence-corrected chi connectivity index (χ2v) is 6.44. The normalized spacial score (nSPS) is 18.0. The first kappa shape index (κ1) is 14.6. The number of nitrogens with one attached hydrogen (secondary N) is 1. The van der Waals surface area contributed by atoms with Gasteiger partial charge in [0.1, 0.15) is 11.1 Å². The second-order valence-electron chi connectivity index (χ2n) is 4.46. The van der Waals surface area contributed by atoms with Crippen LogP contribution in [-0.4, -0.2) is 23.2 Å². The smallest absolute Gasteiger partial charge is 0.323 e. The summed E-state index contributed by atoms with van der Waals surface area (Å²) in [6, 6.07) is 8.61. The van der Waals surface area contributed by atoms with Crippen molar-refractivity contribution in [1.82, 2.24) is 4.90 Å². The molecule has 1 saturated heterocycles. The van der Waals surface area contributed by atoms with Crippen molar-refractivity contribution in [2.24, 2.45) is 0 Å². The van der Waals surface area contributed by atoms with Crippen molar-refractivity contribution in [3.63, 3.8) is 0 Å². The third kappa shape index (κ3) is 3.00. The van der Waals surface area contributed by atoms with Crippen LogP contribution < -0.4 is 5.32 Å². The van der Waals surface area contributed by atoms with Crippen molar-refractivity contribution in [3.05, 3.63) is 52.4 Å². The number of urea groups is 1. The van der Waals surface area contributed by atoms with E-state index in [-0.39, 0.29) is 11.4 Å². The van der Waals surface area contributed by atoms with Gasteiger partial charge in [-0.05, 0) is 24.3 Å².